The Balaban J connectivity index is 2.09. The Morgan fingerprint density at radius 3 is 2.32 bits per heavy atom. The zero-order chi connectivity index (χ0) is 13.1. The van der Waals surface area contributed by atoms with Gasteiger partial charge in [0.1, 0.15) is 0 Å². The molecular weight excluding hydrogens is 232 g/mol. The highest BCUT2D eigenvalue weighted by Crippen LogP contribution is 2.22. The van der Waals surface area contributed by atoms with Gasteiger partial charge in [-0.05, 0) is 18.6 Å². The summed E-state index contributed by atoms with van der Waals surface area (Å²) < 4.78 is 0. The molecule has 0 saturated heterocycles. The van der Waals surface area contributed by atoms with Crippen molar-refractivity contribution in [1.29, 1.82) is 0 Å². The summed E-state index contributed by atoms with van der Waals surface area (Å²) in [7, 11) is 0. The van der Waals surface area contributed by atoms with Crippen LogP contribution in [0.2, 0.25) is 0 Å². The van der Waals surface area contributed by atoms with Gasteiger partial charge < -0.3 is 0 Å². The van der Waals surface area contributed by atoms with E-state index in [1.807, 2.05) is 42.6 Å². The monoisotopic (exact) mass is 246 g/mol. The average Bonchev–Trinajstić information content (AvgIpc) is 2.49. The van der Waals surface area contributed by atoms with Crippen LogP contribution in [0.25, 0.3) is 22.6 Å². The summed E-state index contributed by atoms with van der Waals surface area (Å²) in [5, 5.41) is 0. The Kier molecular flexibility index (Phi) is 3.07. The summed E-state index contributed by atoms with van der Waals surface area (Å²) in [6.45, 7) is 2.08. The molecule has 0 aliphatic rings. The van der Waals surface area contributed by atoms with Crippen molar-refractivity contribution in [3.8, 4) is 22.6 Å². The van der Waals surface area contributed by atoms with E-state index in [-0.39, 0.29) is 0 Å². The van der Waals surface area contributed by atoms with Gasteiger partial charge in [0.25, 0.3) is 0 Å². The van der Waals surface area contributed by atoms with E-state index >= 15 is 0 Å². The van der Waals surface area contributed by atoms with Crippen LogP contribution in [0.4, 0.5) is 0 Å². The minimum atomic E-state index is 0.777. The fourth-order valence-electron chi connectivity index (χ4n) is 2.08. The Morgan fingerprint density at radius 2 is 1.53 bits per heavy atom. The third-order valence-electron chi connectivity index (χ3n) is 3.11. The van der Waals surface area contributed by atoms with Crippen molar-refractivity contribution in [2.45, 2.75) is 6.92 Å². The molecule has 2 heteroatoms. The van der Waals surface area contributed by atoms with Gasteiger partial charge >= 0.3 is 0 Å². The van der Waals surface area contributed by atoms with Crippen LogP contribution in [0.5, 0.6) is 0 Å². The number of aryl methyl sites for hydroxylation is 1. The number of rotatable bonds is 2. The molecule has 0 saturated carbocycles. The summed E-state index contributed by atoms with van der Waals surface area (Å²) in [5.41, 5.74) is 4.33. The highest BCUT2D eigenvalue weighted by molar-refractivity contribution is 5.65. The van der Waals surface area contributed by atoms with Crippen LogP contribution in [0.15, 0.2) is 66.9 Å². The molecule has 92 valence electrons. The van der Waals surface area contributed by atoms with E-state index in [0.717, 1.165) is 22.6 Å². The maximum absolute atomic E-state index is 4.66. The van der Waals surface area contributed by atoms with Crippen molar-refractivity contribution in [2.24, 2.45) is 0 Å². The van der Waals surface area contributed by atoms with E-state index in [4.69, 9.17) is 0 Å². The van der Waals surface area contributed by atoms with Crippen LogP contribution >= 0.6 is 0 Å². The van der Waals surface area contributed by atoms with Gasteiger partial charge in [-0.2, -0.15) is 0 Å². The first kappa shape index (κ1) is 11.6. The van der Waals surface area contributed by atoms with Gasteiger partial charge in [-0.3, -0.25) is 0 Å². The molecular formula is C17H14N2. The van der Waals surface area contributed by atoms with E-state index in [2.05, 4.69) is 41.2 Å². The summed E-state index contributed by atoms with van der Waals surface area (Å²) in [4.78, 5) is 9.05. The molecule has 3 aromatic rings. The minimum absolute atomic E-state index is 0.777. The van der Waals surface area contributed by atoms with Gasteiger partial charge in [0.05, 0.1) is 5.69 Å². The van der Waals surface area contributed by atoms with Crippen LogP contribution in [-0.4, -0.2) is 9.97 Å². The molecule has 0 aliphatic heterocycles. The number of nitrogens with zero attached hydrogens (tertiary/aromatic N) is 2. The molecule has 0 atom stereocenters. The first-order valence-electron chi connectivity index (χ1n) is 6.29. The number of hydrogen-bond acceptors (Lipinski definition) is 2. The van der Waals surface area contributed by atoms with E-state index in [1.165, 1.54) is 5.56 Å². The Labute approximate surface area is 112 Å². The molecule has 3 rings (SSSR count). The molecule has 1 aromatic heterocycles. The Hall–Kier alpha value is -2.48. The second kappa shape index (κ2) is 5.02. The second-order valence-electron chi connectivity index (χ2n) is 4.45. The van der Waals surface area contributed by atoms with Gasteiger partial charge in [-0.15, -0.1) is 0 Å². The van der Waals surface area contributed by atoms with Crippen molar-refractivity contribution in [3.05, 3.63) is 72.4 Å². The van der Waals surface area contributed by atoms with Crippen LogP contribution in [0.3, 0.4) is 0 Å². The van der Waals surface area contributed by atoms with E-state index in [0.29, 0.717) is 0 Å². The van der Waals surface area contributed by atoms with E-state index in [9.17, 15) is 0 Å². The predicted octanol–water partition coefficient (Wildman–Crippen LogP) is 4.12. The maximum Gasteiger partial charge on any atom is 0.160 e. The molecule has 0 amide bonds. The second-order valence-corrected chi connectivity index (χ2v) is 4.45. The van der Waals surface area contributed by atoms with E-state index in [1.54, 1.807) is 0 Å². The quantitative estimate of drug-likeness (QED) is 0.679. The van der Waals surface area contributed by atoms with Gasteiger partial charge in [-0.25, -0.2) is 9.97 Å². The third kappa shape index (κ3) is 2.38. The van der Waals surface area contributed by atoms with Crippen molar-refractivity contribution < 1.29 is 0 Å². The molecule has 0 aliphatic carbocycles. The standard InChI is InChI=1S/C17H14N2/c1-13-7-5-6-10-15(13)17-18-12-11-16(19-17)14-8-3-2-4-9-14/h2-12H,1H3. The van der Waals surface area contributed by atoms with Crippen molar-refractivity contribution in [2.75, 3.05) is 0 Å². The molecule has 1 heterocycles. The first-order chi connectivity index (χ1) is 9.34. The number of aromatic nitrogens is 2. The fourth-order valence-corrected chi connectivity index (χ4v) is 2.08. The van der Waals surface area contributed by atoms with Gasteiger partial charge in [-0.1, -0.05) is 54.6 Å². The maximum atomic E-state index is 4.66. The SMILES string of the molecule is Cc1ccccc1-c1nccc(-c2ccccc2)n1. The van der Waals surface area contributed by atoms with Crippen LogP contribution in [0, 0.1) is 6.92 Å². The smallest absolute Gasteiger partial charge is 0.160 e. The average molecular weight is 246 g/mol. The largest absolute Gasteiger partial charge is 0.237 e. The molecule has 0 spiro atoms. The van der Waals surface area contributed by atoms with Crippen LogP contribution in [-0.2, 0) is 0 Å². The lowest BCUT2D eigenvalue weighted by molar-refractivity contribution is 1.17. The molecule has 2 aromatic carbocycles. The Morgan fingerprint density at radius 1 is 0.789 bits per heavy atom. The molecule has 0 unspecified atom stereocenters. The molecule has 0 radical (unpaired) electrons. The highest BCUT2D eigenvalue weighted by Gasteiger charge is 2.06. The minimum Gasteiger partial charge on any atom is -0.237 e. The number of benzene rings is 2. The lowest BCUT2D eigenvalue weighted by Gasteiger charge is -2.06. The zero-order valence-corrected chi connectivity index (χ0v) is 10.7. The lowest BCUT2D eigenvalue weighted by Crippen LogP contribution is -1.93. The Bertz CT molecular complexity index is 690. The normalized spacial score (nSPS) is 10.4. The molecule has 2 nitrogen and oxygen atoms in total. The van der Waals surface area contributed by atoms with Gasteiger partial charge in [0.15, 0.2) is 5.82 Å². The van der Waals surface area contributed by atoms with Crippen LogP contribution in [0.1, 0.15) is 5.56 Å². The summed E-state index contributed by atoms with van der Waals surface area (Å²) in [5.74, 6) is 0.777. The predicted molar refractivity (Wildman–Crippen MR) is 77.6 cm³/mol. The van der Waals surface area contributed by atoms with Gasteiger partial charge in [0.2, 0.25) is 0 Å². The van der Waals surface area contributed by atoms with Gasteiger partial charge in [0, 0.05) is 17.3 Å². The molecule has 0 N–H and O–H groups in total. The first-order valence-corrected chi connectivity index (χ1v) is 6.29. The number of hydrogen-bond donors (Lipinski definition) is 0. The molecule has 0 fully saturated rings. The van der Waals surface area contributed by atoms with E-state index < -0.39 is 0 Å². The van der Waals surface area contributed by atoms with Crippen LogP contribution < -0.4 is 0 Å². The fraction of sp³-hybridized carbons (Fsp3) is 0.0588. The van der Waals surface area contributed by atoms with Crippen molar-refractivity contribution >= 4 is 0 Å². The molecule has 0 bridgehead atoms. The van der Waals surface area contributed by atoms with Crippen molar-refractivity contribution in [1.82, 2.24) is 9.97 Å². The summed E-state index contributed by atoms with van der Waals surface area (Å²) in [6, 6.07) is 20.3. The summed E-state index contributed by atoms with van der Waals surface area (Å²) >= 11 is 0. The van der Waals surface area contributed by atoms with Crippen molar-refractivity contribution in [3.63, 3.8) is 0 Å². The third-order valence-corrected chi connectivity index (χ3v) is 3.11. The lowest BCUT2D eigenvalue weighted by atomic mass is 10.1. The zero-order valence-electron chi connectivity index (χ0n) is 10.7. The molecule has 19 heavy (non-hydrogen) atoms. The highest BCUT2D eigenvalue weighted by atomic mass is 14.9. The topological polar surface area (TPSA) is 25.8 Å². The summed E-state index contributed by atoms with van der Waals surface area (Å²) in [6.07, 6.45) is 1.82.